The highest BCUT2D eigenvalue weighted by atomic mass is 16.5. The van der Waals surface area contributed by atoms with Crippen LogP contribution in [0, 0.1) is 24.2 Å². The normalized spacial score (nSPS) is 16.4. The van der Waals surface area contributed by atoms with E-state index in [1.807, 2.05) is 6.07 Å². The molecule has 0 radical (unpaired) electrons. The average Bonchev–Trinajstić information content (AvgIpc) is 3.00. The molecule has 8 heteroatoms. The third kappa shape index (κ3) is 4.16. The van der Waals surface area contributed by atoms with Gasteiger partial charge >= 0.3 is 5.69 Å². The second-order valence-electron chi connectivity index (χ2n) is 6.84. The second kappa shape index (κ2) is 9.45. The summed E-state index contributed by atoms with van der Waals surface area (Å²) in [6.45, 7) is 1.23. The number of rotatable bonds is 6. The molecule has 1 fully saturated rings. The Bertz CT molecular complexity index is 1130. The molecule has 1 aliphatic rings. The minimum absolute atomic E-state index is 0.207. The van der Waals surface area contributed by atoms with Gasteiger partial charge in [0.25, 0.3) is 5.91 Å². The van der Waals surface area contributed by atoms with Crippen molar-refractivity contribution in [2.24, 2.45) is 7.05 Å². The summed E-state index contributed by atoms with van der Waals surface area (Å²) in [7, 11) is 3.09. The van der Waals surface area contributed by atoms with Crippen molar-refractivity contribution < 1.29 is 19.1 Å². The quantitative estimate of drug-likeness (QED) is 0.398. The van der Waals surface area contributed by atoms with E-state index in [1.54, 1.807) is 19.2 Å². The maximum Gasteiger partial charge on any atom is 0.329 e. The molecule has 1 saturated heterocycles. The third-order valence-electron chi connectivity index (χ3n) is 4.99. The van der Waals surface area contributed by atoms with Crippen molar-refractivity contribution in [2.75, 3.05) is 33.5 Å². The van der Waals surface area contributed by atoms with Gasteiger partial charge in [-0.3, -0.25) is 23.6 Å². The highest BCUT2D eigenvalue weighted by Crippen LogP contribution is 2.27. The van der Waals surface area contributed by atoms with Crippen LogP contribution in [0.5, 0.6) is 0 Å². The molecule has 30 heavy (non-hydrogen) atoms. The van der Waals surface area contributed by atoms with Crippen LogP contribution in [0.4, 0.5) is 0 Å². The van der Waals surface area contributed by atoms with Crippen LogP contribution in [0.3, 0.4) is 0 Å². The SMILES string of the molecule is C#CCOCCOCC#Cc1cccc2c1n(C)c(=O)n2C1CCC(=O)N(C)C1=O. The van der Waals surface area contributed by atoms with Gasteiger partial charge in [0.15, 0.2) is 0 Å². The van der Waals surface area contributed by atoms with E-state index < -0.39 is 6.04 Å². The Morgan fingerprint density at radius 3 is 2.60 bits per heavy atom. The molecule has 0 aliphatic carbocycles. The van der Waals surface area contributed by atoms with Crippen LogP contribution < -0.4 is 5.69 Å². The van der Waals surface area contributed by atoms with Gasteiger partial charge in [0.1, 0.15) is 19.3 Å². The number of aryl methyl sites for hydroxylation is 1. The van der Waals surface area contributed by atoms with Gasteiger partial charge in [0.05, 0.1) is 29.8 Å². The van der Waals surface area contributed by atoms with Gasteiger partial charge in [-0.1, -0.05) is 23.8 Å². The highest BCUT2D eigenvalue weighted by molar-refractivity contribution is 6.00. The number of ether oxygens (including phenoxy) is 2. The summed E-state index contributed by atoms with van der Waals surface area (Å²) >= 11 is 0. The zero-order valence-corrected chi connectivity index (χ0v) is 17.0. The fourth-order valence-electron chi connectivity index (χ4n) is 3.48. The number of amides is 2. The molecule has 156 valence electrons. The van der Waals surface area contributed by atoms with Crippen molar-refractivity contribution in [3.63, 3.8) is 0 Å². The summed E-state index contributed by atoms with van der Waals surface area (Å²) in [4.78, 5) is 38.5. The Balaban J connectivity index is 1.85. The molecule has 2 amide bonds. The predicted octanol–water partition coefficient (Wildman–Crippen LogP) is 0.678. The van der Waals surface area contributed by atoms with Crippen LogP contribution in [0.1, 0.15) is 24.4 Å². The zero-order chi connectivity index (χ0) is 21.7. The Morgan fingerprint density at radius 2 is 1.87 bits per heavy atom. The lowest BCUT2D eigenvalue weighted by molar-refractivity contribution is -0.149. The van der Waals surface area contributed by atoms with E-state index in [0.717, 1.165) is 4.90 Å². The Labute approximate surface area is 174 Å². The van der Waals surface area contributed by atoms with E-state index in [4.69, 9.17) is 15.9 Å². The van der Waals surface area contributed by atoms with Gasteiger partial charge in [0, 0.05) is 20.5 Å². The molecule has 0 saturated carbocycles. The van der Waals surface area contributed by atoms with Crippen LogP contribution in [0.15, 0.2) is 23.0 Å². The van der Waals surface area contributed by atoms with E-state index in [1.165, 1.54) is 16.2 Å². The van der Waals surface area contributed by atoms with Crippen LogP contribution >= 0.6 is 0 Å². The molecule has 1 unspecified atom stereocenters. The maximum absolute atomic E-state index is 12.9. The number of benzene rings is 1. The van der Waals surface area contributed by atoms with Crippen molar-refractivity contribution >= 4 is 22.8 Å². The molecule has 1 aliphatic heterocycles. The Kier molecular flexibility index (Phi) is 6.73. The summed E-state index contributed by atoms with van der Waals surface area (Å²) in [6.07, 6.45) is 5.61. The molecule has 8 nitrogen and oxygen atoms in total. The minimum atomic E-state index is -0.710. The second-order valence-corrected chi connectivity index (χ2v) is 6.84. The first kappa shape index (κ1) is 21.4. The number of likely N-dealkylation sites (N-methyl/N-ethyl adjacent to an activating group) is 1. The van der Waals surface area contributed by atoms with E-state index in [2.05, 4.69) is 17.8 Å². The number of piperidine rings is 1. The number of fused-ring (bicyclic) bond motifs is 1. The summed E-state index contributed by atoms with van der Waals surface area (Å²) < 4.78 is 13.4. The molecular weight excluding hydrogens is 386 g/mol. The van der Waals surface area contributed by atoms with Gasteiger partial charge in [-0.25, -0.2) is 4.79 Å². The van der Waals surface area contributed by atoms with E-state index in [-0.39, 0.29) is 37.1 Å². The number of hydrogen-bond acceptors (Lipinski definition) is 5. The standard InChI is InChI=1S/C22H23N3O5/c1-4-12-29-14-15-30-13-6-8-16-7-5-9-17-20(16)24(3)22(28)25(17)18-10-11-19(26)23(2)21(18)27/h1,5,7,9,18H,10-15H2,2-3H3. The number of para-hydroxylation sites is 1. The van der Waals surface area contributed by atoms with Crippen LogP contribution in [-0.4, -0.2) is 59.3 Å². The summed E-state index contributed by atoms with van der Waals surface area (Å²) in [5, 5.41) is 0. The van der Waals surface area contributed by atoms with Crippen LogP contribution in [0.2, 0.25) is 0 Å². The number of carbonyl (C=O) groups is 2. The number of imide groups is 1. The molecular formula is C22H23N3O5. The fourth-order valence-corrected chi connectivity index (χ4v) is 3.48. The molecule has 2 aromatic rings. The first-order valence-electron chi connectivity index (χ1n) is 9.55. The molecule has 0 bridgehead atoms. The molecule has 1 atom stereocenters. The van der Waals surface area contributed by atoms with Crippen molar-refractivity contribution in [3.8, 4) is 24.2 Å². The van der Waals surface area contributed by atoms with E-state index in [9.17, 15) is 14.4 Å². The van der Waals surface area contributed by atoms with E-state index >= 15 is 0 Å². The summed E-state index contributed by atoms with van der Waals surface area (Å²) in [5.74, 6) is 7.72. The van der Waals surface area contributed by atoms with Gasteiger partial charge in [-0.2, -0.15) is 0 Å². The Hall–Kier alpha value is -3.33. The number of terminal acetylenes is 1. The van der Waals surface area contributed by atoms with Crippen LogP contribution in [0.25, 0.3) is 11.0 Å². The predicted molar refractivity (Wildman–Crippen MR) is 111 cm³/mol. The lowest BCUT2D eigenvalue weighted by Crippen LogP contribution is -2.45. The maximum atomic E-state index is 12.9. The number of nitrogens with zero attached hydrogens (tertiary/aromatic N) is 3. The van der Waals surface area contributed by atoms with Gasteiger partial charge in [0.2, 0.25) is 5.91 Å². The van der Waals surface area contributed by atoms with Crippen molar-refractivity contribution in [1.82, 2.24) is 14.0 Å². The monoisotopic (exact) mass is 409 g/mol. The van der Waals surface area contributed by atoms with Crippen LogP contribution in [-0.2, 0) is 26.1 Å². The van der Waals surface area contributed by atoms with Crippen molar-refractivity contribution in [3.05, 3.63) is 34.2 Å². The van der Waals surface area contributed by atoms with Gasteiger partial charge < -0.3 is 9.47 Å². The Morgan fingerprint density at radius 1 is 1.13 bits per heavy atom. The largest absolute Gasteiger partial charge is 0.366 e. The van der Waals surface area contributed by atoms with Gasteiger partial charge in [-0.05, 0) is 18.6 Å². The molecule has 0 spiro atoms. The highest BCUT2D eigenvalue weighted by Gasteiger charge is 2.35. The zero-order valence-electron chi connectivity index (χ0n) is 17.0. The first-order chi connectivity index (χ1) is 14.5. The molecule has 1 aromatic carbocycles. The topological polar surface area (TPSA) is 82.8 Å². The smallest absolute Gasteiger partial charge is 0.329 e. The molecule has 1 aromatic heterocycles. The van der Waals surface area contributed by atoms with E-state index in [0.29, 0.717) is 36.2 Å². The molecule has 0 N–H and O–H groups in total. The molecule has 3 rings (SSSR count). The molecule has 2 heterocycles. The third-order valence-corrected chi connectivity index (χ3v) is 4.99. The lowest BCUT2D eigenvalue weighted by atomic mass is 10.0. The lowest BCUT2D eigenvalue weighted by Gasteiger charge is -2.28. The summed E-state index contributed by atoms with van der Waals surface area (Å²) in [6, 6.07) is 4.68. The number of hydrogen-bond donors (Lipinski definition) is 0. The number of aromatic nitrogens is 2. The van der Waals surface area contributed by atoms with Crippen molar-refractivity contribution in [2.45, 2.75) is 18.9 Å². The minimum Gasteiger partial charge on any atom is -0.366 e. The number of imidazole rings is 1. The van der Waals surface area contributed by atoms with Gasteiger partial charge in [-0.15, -0.1) is 6.42 Å². The summed E-state index contributed by atoms with van der Waals surface area (Å²) in [5.41, 5.74) is 1.59. The average molecular weight is 409 g/mol. The van der Waals surface area contributed by atoms with Crippen molar-refractivity contribution in [1.29, 1.82) is 0 Å². The first-order valence-corrected chi connectivity index (χ1v) is 9.55. The number of carbonyl (C=O) groups excluding carboxylic acids is 2. The number of likely N-dealkylation sites (tertiary alicyclic amines) is 1. The fraction of sp³-hybridized carbons (Fsp3) is 0.409.